The summed E-state index contributed by atoms with van der Waals surface area (Å²) in [7, 11) is 2.01. The quantitative estimate of drug-likeness (QED) is 0.490. The highest BCUT2D eigenvalue weighted by Crippen LogP contribution is 2.22. The predicted octanol–water partition coefficient (Wildman–Crippen LogP) is 2.65. The molecular weight excluding hydrogens is 342 g/mol. The number of halogens is 1. The van der Waals surface area contributed by atoms with Crippen LogP contribution in [0.25, 0.3) is 0 Å². The monoisotopic (exact) mass is 357 g/mol. The first-order valence-corrected chi connectivity index (χ1v) is 7.68. The van der Waals surface area contributed by atoms with Crippen molar-refractivity contribution in [3.63, 3.8) is 0 Å². The molecule has 0 aliphatic heterocycles. The molecule has 3 N–H and O–H groups in total. The molecule has 0 saturated heterocycles. The van der Waals surface area contributed by atoms with Gasteiger partial charge in [0.25, 0.3) is 5.91 Å². The predicted molar refractivity (Wildman–Crippen MR) is 82.3 cm³/mol. The third-order valence-corrected chi connectivity index (χ3v) is 4.50. The third kappa shape index (κ3) is 3.69. The Hall–Kier alpha value is -1.15. The summed E-state index contributed by atoms with van der Waals surface area (Å²) in [4.78, 5) is 14.9. The maximum absolute atomic E-state index is 11.5. The standard InChI is InChI=1S/C13H16BrN3O2S/c1-8-12(13(18)16-15)4-10(19-8)5-17(2)6-11-3-9(14)7-20-11/h3-4,7H,5-6,15H2,1-2H3,(H,16,18). The Balaban J connectivity index is 2.01. The highest BCUT2D eigenvalue weighted by atomic mass is 79.9. The Labute approximate surface area is 129 Å². The number of hydrogen-bond donors (Lipinski definition) is 2. The van der Waals surface area contributed by atoms with E-state index in [1.165, 1.54) is 4.88 Å². The smallest absolute Gasteiger partial charge is 0.268 e. The normalized spacial score (nSPS) is 11.1. The molecule has 2 aromatic rings. The van der Waals surface area contributed by atoms with Crippen molar-refractivity contribution in [1.82, 2.24) is 10.3 Å². The van der Waals surface area contributed by atoms with Gasteiger partial charge in [0.2, 0.25) is 0 Å². The fraction of sp³-hybridized carbons (Fsp3) is 0.308. The summed E-state index contributed by atoms with van der Waals surface area (Å²) in [6.07, 6.45) is 0. The molecule has 2 rings (SSSR count). The first kappa shape index (κ1) is 15.2. The van der Waals surface area contributed by atoms with E-state index in [1.807, 2.05) is 7.05 Å². The number of amides is 1. The van der Waals surface area contributed by atoms with Crippen LogP contribution in [-0.2, 0) is 13.1 Å². The topological polar surface area (TPSA) is 71.5 Å². The van der Waals surface area contributed by atoms with E-state index in [2.05, 4.69) is 37.7 Å². The molecule has 20 heavy (non-hydrogen) atoms. The number of nitrogens with one attached hydrogen (secondary N) is 1. The van der Waals surface area contributed by atoms with Crippen molar-refractivity contribution in [2.75, 3.05) is 7.05 Å². The molecule has 0 spiro atoms. The second-order valence-electron chi connectivity index (χ2n) is 4.56. The molecule has 0 aliphatic rings. The molecule has 2 heterocycles. The Kier molecular flexibility index (Phi) is 4.98. The van der Waals surface area contributed by atoms with Crippen LogP contribution in [0.5, 0.6) is 0 Å². The zero-order valence-electron chi connectivity index (χ0n) is 11.3. The number of carbonyl (C=O) groups is 1. The fourth-order valence-corrected chi connectivity index (χ4v) is 3.48. The Morgan fingerprint density at radius 2 is 2.25 bits per heavy atom. The number of nitrogen functional groups attached to an aromatic ring is 1. The molecule has 0 saturated carbocycles. The number of rotatable bonds is 5. The van der Waals surface area contributed by atoms with Gasteiger partial charge in [-0.15, -0.1) is 11.3 Å². The number of thiophene rings is 1. The van der Waals surface area contributed by atoms with Crippen LogP contribution in [0.2, 0.25) is 0 Å². The van der Waals surface area contributed by atoms with E-state index in [1.54, 1.807) is 24.3 Å². The molecule has 0 atom stereocenters. The zero-order chi connectivity index (χ0) is 14.7. The number of carbonyl (C=O) groups excluding carboxylic acids is 1. The number of nitrogens with zero attached hydrogens (tertiary/aromatic N) is 1. The van der Waals surface area contributed by atoms with Crippen LogP contribution in [0.15, 0.2) is 26.4 Å². The van der Waals surface area contributed by atoms with Crippen molar-refractivity contribution in [3.05, 3.63) is 43.9 Å². The molecule has 0 bridgehead atoms. The van der Waals surface area contributed by atoms with Gasteiger partial charge >= 0.3 is 0 Å². The Morgan fingerprint density at radius 1 is 1.50 bits per heavy atom. The number of nitrogens with two attached hydrogens (primary N) is 1. The van der Waals surface area contributed by atoms with Crippen molar-refractivity contribution in [2.45, 2.75) is 20.0 Å². The number of furan rings is 1. The average Bonchev–Trinajstić information content (AvgIpc) is 2.94. The van der Waals surface area contributed by atoms with Crippen molar-refractivity contribution in [1.29, 1.82) is 0 Å². The highest BCUT2D eigenvalue weighted by Gasteiger charge is 2.15. The van der Waals surface area contributed by atoms with Crippen molar-refractivity contribution < 1.29 is 9.21 Å². The molecule has 1 amide bonds. The number of hydrazine groups is 1. The lowest BCUT2D eigenvalue weighted by molar-refractivity contribution is 0.0952. The molecule has 0 unspecified atom stereocenters. The van der Waals surface area contributed by atoms with Crippen LogP contribution >= 0.6 is 27.3 Å². The maximum atomic E-state index is 11.5. The first-order valence-electron chi connectivity index (χ1n) is 6.01. The van der Waals surface area contributed by atoms with Gasteiger partial charge in [-0.25, -0.2) is 5.84 Å². The summed E-state index contributed by atoms with van der Waals surface area (Å²) in [5, 5.41) is 2.06. The van der Waals surface area contributed by atoms with E-state index in [4.69, 9.17) is 10.3 Å². The van der Waals surface area contributed by atoms with Gasteiger partial charge in [-0.2, -0.15) is 0 Å². The van der Waals surface area contributed by atoms with Gasteiger partial charge in [-0.05, 0) is 42.0 Å². The summed E-state index contributed by atoms with van der Waals surface area (Å²) >= 11 is 5.15. The van der Waals surface area contributed by atoms with Crippen LogP contribution in [0.3, 0.4) is 0 Å². The van der Waals surface area contributed by atoms with Crippen LogP contribution in [0, 0.1) is 6.92 Å². The minimum Gasteiger partial charge on any atom is -0.464 e. The second kappa shape index (κ2) is 6.53. The largest absolute Gasteiger partial charge is 0.464 e. The number of hydrogen-bond acceptors (Lipinski definition) is 5. The molecule has 5 nitrogen and oxygen atoms in total. The van der Waals surface area contributed by atoms with Crippen molar-refractivity contribution in [3.8, 4) is 0 Å². The summed E-state index contributed by atoms with van der Waals surface area (Å²) in [5.74, 6) is 6.13. The van der Waals surface area contributed by atoms with E-state index in [9.17, 15) is 4.79 Å². The SMILES string of the molecule is Cc1oc(CN(C)Cc2cc(Br)cs2)cc1C(=O)NN. The van der Waals surface area contributed by atoms with Gasteiger partial charge < -0.3 is 4.42 Å². The molecule has 2 aromatic heterocycles. The van der Waals surface area contributed by atoms with Crippen molar-refractivity contribution >= 4 is 33.2 Å². The zero-order valence-corrected chi connectivity index (χ0v) is 13.7. The van der Waals surface area contributed by atoms with E-state index >= 15 is 0 Å². The minimum atomic E-state index is -0.331. The van der Waals surface area contributed by atoms with E-state index in [0.29, 0.717) is 17.9 Å². The van der Waals surface area contributed by atoms with Crippen molar-refractivity contribution in [2.24, 2.45) is 5.84 Å². The van der Waals surface area contributed by atoms with Gasteiger partial charge in [0, 0.05) is 21.3 Å². The van der Waals surface area contributed by atoms with Gasteiger partial charge in [0.05, 0.1) is 12.1 Å². The molecular formula is C13H16BrN3O2S. The fourth-order valence-electron chi connectivity index (χ4n) is 1.95. The Morgan fingerprint density at radius 3 is 2.85 bits per heavy atom. The lowest BCUT2D eigenvalue weighted by Crippen LogP contribution is -2.30. The second-order valence-corrected chi connectivity index (χ2v) is 6.47. The van der Waals surface area contributed by atoms with Crippen LogP contribution in [-0.4, -0.2) is 17.9 Å². The summed E-state index contributed by atoms with van der Waals surface area (Å²) in [6.45, 7) is 3.22. The molecule has 0 aromatic carbocycles. The molecule has 108 valence electrons. The average molecular weight is 358 g/mol. The highest BCUT2D eigenvalue weighted by molar-refractivity contribution is 9.10. The maximum Gasteiger partial charge on any atom is 0.268 e. The van der Waals surface area contributed by atoms with Gasteiger partial charge in [-0.3, -0.25) is 15.1 Å². The molecule has 7 heteroatoms. The summed E-state index contributed by atoms with van der Waals surface area (Å²) < 4.78 is 6.69. The van der Waals surface area contributed by atoms with E-state index < -0.39 is 0 Å². The molecule has 0 fully saturated rings. The lowest BCUT2D eigenvalue weighted by atomic mass is 10.2. The molecule has 0 aliphatic carbocycles. The van der Waals surface area contributed by atoms with E-state index in [-0.39, 0.29) is 5.91 Å². The van der Waals surface area contributed by atoms with E-state index in [0.717, 1.165) is 16.8 Å². The summed E-state index contributed by atoms with van der Waals surface area (Å²) in [6, 6.07) is 3.83. The Bertz CT molecular complexity index is 609. The third-order valence-electron chi connectivity index (χ3n) is 2.82. The first-order chi connectivity index (χ1) is 9.49. The number of aryl methyl sites for hydroxylation is 1. The van der Waals surface area contributed by atoms with Crippen LogP contribution in [0.1, 0.15) is 26.8 Å². The minimum absolute atomic E-state index is 0.331. The van der Waals surface area contributed by atoms with Gasteiger partial charge in [0.15, 0.2) is 0 Å². The lowest BCUT2D eigenvalue weighted by Gasteiger charge is -2.13. The van der Waals surface area contributed by atoms with Gasteiger partial charge in [-0.1, -0.05) is 0 Å². The summed E-state index contributed by atoms with van der Waals surface area (Å²) in [5.41, 5.74) is 2.60. The van der Waals surface area contributed by atoms with Crippen LogP contribution in [0.4, 0.5) is 0 Å². The van der Waals surface area contributed by atoms with Gasteiger partial charge in [0.1, 0.15) is 11.5 Å². The van der Waals surface area contributed by atoms with Crippen LogP contribution < -0.4 is 11.3 Å². The molecule has 0 radical (unpaired) electrons.